The van der Waals surface area contributed by atoms with Gasteiger partial charge in [0.2, 0.25) is 0 Å². The molecule has 130 valence electrons. The van der Waals surface area contributed by atoms with Gasteiger partial charge in [0.15, 0.2) is 4.77 Å². The number of nitrogens with zero attached hydrogens (tertiary/aromatic N) is 2. The first kappa shape index (κ1) is 15.9. The molecule has 0 aromatic carbocycles. The largest absolute Gasteiger partial charge is 0.378 e. The highest BCUT2D eigenvalue weighted by molar-refractivity contribution is 7.72. The van der Waals surface area contributed by atoms with E-state index >= 15 is 0 Å². The number of fused-ring (bicyclic) bond motifs is 5. The Morgan fingerprint density at radius 2 is 1.80 bits per heavy atom. The summed E-state index contributed by atoms with van der Waals surface area (Å²) in [6.45, 7) is 3.38. The Bertz CT molecular complexity index is 1090. The topological polar surface area (TPSA) is 56.9 Å². The van der Waals surface area contributed by atoms with Crippen molar-refractivity contribution in [2.45, 2.75) is 25.7 Å². The Morgan fingerprint density at radius 3 is 2.60 bits per heavy atom. The number of morpholine rings is 1. The van der Waals surface area contributed by atoms with Crippen LogP contribution in [0.15, 0.2) is 0 Å². The molecule has 0 unspecified atom stereocenters. The van der Waals surface area contributed by atoms with Crippen molar-refractivity contribution in [2.24, 2.45) is 0 Å². The van der Waals surface area contributed by atoms with E-state index < -0.39 is 0 Å². The van der Waals surface area contributed by atoms with Gasteiger partial charge in [0.25, 0.3) is 0 Å². The molecule has 2 aliphatic rings. The third-order valence-electron chi connectivity index (χ3n) is 5.12. The zero-order chi connectivity index (χ0) is 17.0. The molecule has 1 aliphatic carbocycles. The van der Waals surface area contributed by atoms with E-state index in [4.69, 9.17) is 34.2 Å². The average molecular weight is 391 g/mol. The van der Waals surface area contributed by atoms with Crippen LogP contribution in [0.25, 0.3) is 20.4 Å². The molecule has 25 heavy (non-hydrogen) atoms. The summed E-state index contributed by atoms with van der Waals surface area (Å²) in [5, 5.41) is 1.23. The van der Waals surface area contributed by atoms with E-state index in [-0.39, 0.29) is 0 Å². The molecular weight excluding hydrogens is 372 g/mol. The first-order valence-corrected chi connectivity index (χ1v) is 10.3. The second-order valence-electron chi connectivity index (χ2n) is 6.59. The zero-order valence-electron chi connectivity index (χ0n) is 13.7. The van der Waals surface area contributed by atoms with E-state index in [2.05, 4.69) is 14.9 Å². The maximum Gasteiger partial charge on any atom is 0.175 e. The van der Waals surface area contributed by atoms with Gasteiger partial charge >= 0.3 is 0 Å². The molecular formula is C17H18N4OS3. The van der Waals surface area contributed by atoms with Gasteiger partial charge in [-0.1, -0.05) is 12.2 Å². The molecule has 3 aromatic heterocycles. The Hall–Kier alpha value is -1.35. The number of nitrogens with one attached hydrogen (secondary N) is 2. The maximum atomic E-state index is 5.53. The second kappa shape index (κ2) is 6.12. The van der Waals surface area contributed by atoms with Crippen molar-refractivity contribution in [2.75, 3.05) is 31.2 Å². The van der Waals surface area contributed by atoms with Gasteiger partial charge in [0.1, 0.15) is 15.3 Å². The molecule has 0 bridgehead atoms. The molecule has 1 saturated heterocycles. The number of pyridine rings is 1. The molecule has 1 fully saturated rings. The van der Waals surface area contributed by atoms with E-state index in [1.54, 1.807) is 11.3 Å². The molecule has 8 heteroatoms. The van der Waals surface area contributed by atoms with Crippen LogP contribution >= 0.6 is 35.8 Å². The van der Waals surface area contributed by atoms with Crippen LogP contribution in [0.5, 0.6) is 0 Å². The van der Waals surface area contributed by atoms with Gasteiger partial charge in [-0.15, -0.1) is 11.3 Å². The molecule has 0 radical (unpaired) electrons. The second-order valence-corrected chi connectivity index (χ2v) is 8.41. The Morgan fingerprint density at radius 1 is 1.04 bits per heavy atom. The number of thiophene rings is 1. The van der Waals surface area contributed by atoms with Crippen molar-refractivity contribution < 1.29 is 4.74 Å². The molecule has 0 atom stereocenters. The lowest BCUT2D eigenvalue weighted by molar-refractivity contribution is 0.122. The van der Waals surface area contributed by atoms with Crippen LogP contribution in [-0.4, -0.2) is 41.3 Å². The predicted molar refractivity (Wildman–Crippen MR) is 107 cm³/mol. The minimum Gasteiger partial charge on any atom is -0.378 e. The number of aromatic amines is 2. The van der Waals surface area contributed by atoms with Gasteiger partial charge in [0, 0.05) is 18.5 Å². The summed E-state index contributed by atoms with van der Waals surface area (Å²) in [5.74, 6) is 1.16. The smallest absolute Gasteiger partial charge is 0.175 e. The third-order valence-corrected chi connectivity index (χ3v) is 6.86. The number of hydrogen-bond acceptors (Lipinski definition) is 6. The van der Waals surface area contributed by atoms with E-state index in [1.165, 1.54) is 29.4 Å². The standard InChI is InChI=1S/C17H18N4OS3/c23-15-13-12(18-17(24)20-15)11-9-3-1-2-4-10(9)14(19-16(11)25-13)21-5-7-22-8-6-21/h1-8H2,(H2,18,20,23,24). The Labute approximate surface area is 159 Å². The lowest BCUT2D eigenvalue weighted by atomic mass is 9.90. The van der Waals surface area contributed by atoms with Crippen LogP contribution in [0.1, 0.15) is 24.0 Å². The molecule has 1 aliphatic heterocycles. The fraction of sp³-hybridized carbons (Fsp3) is 0.471. The summed E-state index contributed by atoms with van der Waals surface area (Å²) in [5.41, 5.74) is 3.92. The summed E-state index contributed by atoms with van der Waals surface area (Å²) < 4.78 is 7.87. The molecule has 3 aromatic rings. The SMILES string of the molecule is S=c1[nH]c(=S)c2sc3nc(N4CCOCC4)c4c(c3c2[nH]1)CCCC4. The third kappa shape index (κ3) is 2.54. The number of hydrogen-bond donors (Lipinski definition) is 2. The summed E-state index contributed by atoms with van der Waals surface area (Å²) >= 11 is 12.5. The first-order chi connectivity index (χ1) is 12.2. The zero-order valence-corrected chi connectivity index (χ0v) is 16.1. The molecule has 4 heterocycles. The lowest BCUT2D eigenvalue weighted by Crippen LogP contribution is -2.37. The summed E-state index contributed by atoms with van der Waals surface area (Å²) in [4.78, 5) is 14.9. The van der Waals surface area contributed by atoms with Crippen molar-refractivity contribution >= 4 is 62.0 Å². The molecule has 0 amide bonds. The van der Waals surface area contributed by atoms with E-state index in [0.717, 1.165) is 60.0 Å². The van der Waals surface area contributed by atoms with Crippen molar-refractivity contribution in [1.82, 2.24) is 15.0 Å². The minimum absolute atomic E-state index is 0.582. The maximum absolute atomic E-state index is 5.53. The van der Waals surface area contributed by atoms with Crippen molar-refractivity contribution in [3.63, 3.8) is 0 Å². The van der Waals surface area contributed by atoms with Crippen LogP contribution in [-0.2, 0) is 17.6 Å². The van der Waals surface area contributed by atoms with Crippen molar-refractivity contribution in [3.05, 3.63) is 20.5 Å². The number of aromatic nitrogens is 3. The fourth-order valence-corrected chi connectivity index (χ4v) is 5.64. The van der Waals surface area contributed by atoms with E-state index in [1.807, 2.05) is 0 Å². The highest BCUT2D eigenvalue weighted by atomic mass is 32.1. The van der Waals surface area contributed by atoms with Crippen molar-refractivity contribution in [3.8, 4) is 0 Å². The number of H-pyrrole nitrogens is 2. The van der Waals surface area contributed by atoms with Crippen LogP contribution in [0.3, 0.4) is 0 Å². The van der Waals surface area contributed by atoms with E-state index in [9.17, 15) is 0 Å². The van der Waals surface area contributed by atoms with E-state index in [0.29, 0.717) is 9.41 Å². The van der Waals surface area contributed by atoms with Gasteiger partial charge in [-0.2, -0.15) is 0 Å². The van der Waals surface area contributed by atoms with Crippen LogP contribution < -0.4 is 4.90 Å². The van der Waals surface area contributed by atoms with Gasteiger partial charge in [0.05, 0.1) is 23.4 Å². The minimum atomic E-state index is 0.582. The van der Waals surface area contributed by atoms with Crippen LogP contribution in [0.4, 0.5) is 5.82 Å². The average Bonchev–Trinajstić information content (AvgIpc) is 3.01. The summed E-state index contributed by atoms with van der Waals surface area (Å²) in [6, 6.07) is 0. The van der Waals surface area contributed by atoms with Crippen molar-refractivity contribution in [1.29, 1.82) is 0 Å². The summed E-state index contributed by atoms with van der Waals surface area (Å²) in [7, 11) is 0. The Balaban J connectivity index is 1.86. The first-order valence-electron chi connectivity index (χ1n) is 8.65. The Kier molecular flexibility index (Phi) is 3.89. The number of rotatable bonds is 1. The van der Waals surface area contributed by atoms with Gasteiger partial charge in [-0.05, 0) is 49.0 Å². The van der Waals surface area contributed by atoms with Crippen LogP contribution in [0.2, 0.25) is 0 Å². The van der Waals surface area contributed by atoms with Crippen LogP contribution in [0, 0.1) is 9.41 Å². The quantitative estimate of drug-likeness (QED) is 0.608. The molecule has 0 saturated carbocycles. The lowest BCUT2D eigenvalue weighted by Gasteiger charge is -2.31. The normalized spacial score (nSPS) is 18.0. The van der Waals surface area contributed by atoms with Gasteiger partial charge in [-0.3, -0.25) is 0 Å². The number of anilines is 1. The molecule has 2 N–H and O–H groups in total. The van der Waals surface area contributed by atoms with Gasteiger partial charge < -0.3 is 19.6 Å². The molecule has 5 nitrogen and oxygen atoms in total. The monoisotopic (exact) mass is 390 g/mol. The number of aryl methyl sites for hydroxylation is 1. The fourth-order valence-electron chi connectivity index (χ4n) is 3.99. The number of ether oxygens (including phenoxy) is 1. The molecule has 5 rings (SSSR count). The molecule has 0 spiro atoms. The highest BCUT2D eigenvalue weighted by Gasteiger charge is 2.25. The highest BCUT2D eigenvalue weighted by Crippen LogP contribution is 2.41. The van der Waals surface area contributed by atoms with Gasteiger partial charge in [-0.25, -0.2) is 4.98 Å². The summed E-state index contributed by atoms with van der Waals surface area (Å²) in [6.07, 6.45) is 4.66. The predicted octanol–water partition coefficient (Wildman–Crippen LogP) is 4.28.